The molecule has 4 amide bonds. The van der Waals surface area contributed by atoms with Gasteiger partial charge in [0.05, 0.1) is 48.9 Å². The van der Waals surface area contributed by atoms with E-state index in [9.17, 15) is 28.8 Å². The van der Waals surface area contributed by atoms with E-state index < -0.39 is 48.7 Å². The normalized spacial score (nSPS) is 10.7. The van der Waals surface area contributed by atoms with E-state index in [0.29, 0.717) is 22.3 Å². The van der Waals surface area contributed by atoms with Crippen LogP contribution in [0.3, 0.4) is 0 Å². The molecule has 0 aliphatic heterocycles. The fourth-order valence-electron chi connectivity index (χ4n) is 5.77. The minimum absolute atomic E-state index is 0.0241. The van der Waals surface area contributed by atoms with Gasteiger partial charge < -0.3 is 50.4 Å². The van der Waals surface area contributed by atoms with Crippen molar-refractivity contribution in [3.8, 4) is 45.3 Å². The zero-order valence-corrected chi connectivity index (χ0v) is 35.6. The van der Waals surface area contributed by atoms with Gasteiger partial charge in [-0.2, -0.15) is 0 Å². The molecule has 0 aliphatic carbocycles. The van der Waals surface area contributed by atoms with Crippen molar-refractivity contribution in [2.24, 2.45) is 10.2 Å². The summed E-state index contributed by atoms with van der Waals surface area (Å²) < 4.78 is 24.1. The molecule has 0 unspecified atom stereocenters. The topological polar surface area (TPSA) is 253 Å². The van der Waals surface area contributed by atoms with Crippen molar-refractivity contribution in [2.75, 3.05) is 61.9 Å². The van der Waals surface area contributed by atoms with Gasteiger partial charge in [0.15, 0.2) is 34.4 Å². The first-order valence-electron chi connectivity index (χ1n) is 19.1. The van der Waals surface area contributed by atoms with Crippen molar-refractivity contribution in [3.05, 3.63) is 71.8 Å². The number of azo groups is 1. The molecule has 0 atom stereocenters. The number of alkyl halides is 2. The van der Waals surface area contributed by atoms with Gasteiger partial charge in [-0.05, 0) is 98.5 Å². The summed E-state index contributed by atoms with van der Waals surface area (Å²) in [6, 6.07) is 15.8. The number of nitrogens with zero attached hydrogens (tertiary/aromatic N) is 2. The van der Waals surface area contributed by atoms with Gasteiger partial charge in [-0.15, -0.1) is 33.4 Å². The third-order valence-corrected chi connectivity index (χ3v) is 8.80. The summed E-state index contributed by atoms with van der Waals surface area (Å²) in [7, 11) is 0. The van der Waals surface area contributed by atoms with Crippen LogP contribution in [0, 0.1) is 0 Å². The summed E-state index contributed by atoms with van der Waals surface area (Å²) in [4.78, 5) is 72.9. The van der Waals surface area contributed by atoms with Crippen LogP contribution in [0.1, 0.15) is 48.4 Å². The van der Waals surface area contributed by atoms with Gasteiger partial charge in [0, 0.05) is 0 Å². The van der Waals surface area contributed by atoms with Crippen LogP contribution >= 0.6 is 23.2 Å². The predicted octanol–water partition coefficient (Wildman–Crippen LogP) is 7.01. The van der Waals surface area contributed by atoms with Crippen molar-refractivity contribution < 1.29 is 57.9 Å². The van der Waals surface area contributed by atoms with E-state index in [2.05, 4.69) is 31.5 Å². The summed E-state index contributed by atoms with van der Waals surface area (Å²) in [5.41, 5.74) is 2.54. The number of carbonyl (C=O) groups is 6. The maximum atomic E-state index is 13.1. The molecule has 0 aromatic heterocycles. The van der Waals surface area contributed by atoms with Crippen LogP contribution in [0.4, 0.5) is 22.7 Å². The minimum atomic E-state index is -1.26. The van der Waals surface area contributed by atoms with Gasteiger partial charge in [0.2, 0.25) is 11.8 Å². The second kappa shape index (κ2) is 23.2. The van der Waals surface area contributed by atoms with E-state index in [0.717, 1.165) is 0 Å². The van der Waals surface area contributed by atoms with Gasteiger partial charge in [-0.25, -0.2) is 0 Å². The molecule has 0 bridgehead atoms. The molecule has 328 valence electrons. The smallest absolute Gasteiger partial charge is 0.322 e. The number of ether oxygens (including phenoxy) is 4. The first-order valence-corrected chi connectivity index (χ1v) is 20.1. The Bertz CT molecular complexity index is 2140. The molecule has 0 radical (unpaired) electrons. The van der Waals surface area contributed by atoms with E-state index in [1.165, 1.54) is 24.3 Å². The first-order chi connectivity index (χ1) is 29.8. The fraction of sp³-hybridized carbons (Fsp3) is 0.286. The molecule has 0 spiro atoms. The second-order valence-electron chi connectivity index (χ2n) is 12.6. The van der Waals surface area contributed by atoms with Crippen LogP contribution in [-0.2, 0) is 19.2 Å². The van der Waals surface area contributed by atoms with Crippen molar-refractivity contribution in [1.82, 2.24) is 10.6 Å². The van der Waals surface area contributed by atoms with Crippen LogP contribution in [0.5, 0.6) is 23.0 Å². The number of carboxylic acid groups (broad SMARTS) is 2. The molecular weight excluding hydrogens is 851 g/mol. The van der Waals surface area contributed by atoms with E-state index in [-0.39, 0.29) is 95.1 Å². The van der Waals surface area contributed by atoms with Gasteiger partial charge in [-0.3, -0.25) is 28.8 Å². The number of hydrogen-bond donors (Lipinski definition) is 6. The van der Waals surface area contributed by atoms with Gasteiger partial charge in [-0.1, -0.05) is 12.1 Å². The van der Waals surface area contributed by atoms with Crippen LogP contribution in [0.15, 0.2) is 70.9 Å². The van der Waals surface area contributed by atoms with Gasteiger partial charge in [0.25, 0.3) is 11.8 Å². The third kappa shape index (κ3) is 12.8. The van der Waals surface area contributed by atoms with Gasteiger partial charge in [0.1, 0.15) is 24.8 Å². The Kier molecular flexibility index (Phi) is 17.9. The number of hydrogen-bond acceptors (Lipinski definition) is 12. The highest BCUT2D eigenvalue weighted by molar-refractivity contribution is 6.29. The molecule has 4 aromatic rings. The van der Waals surface area contributed by atoms with Crippen LogP contribution in [-0.4, -0.2) is 97.1 Å². The van der Waals surface area contributed by atoms with Crippen molar-refractivity contribution >= 4 is 81.5 Å². The van der Waals surface area contributed by atoms with Crippen LogP contribution in [0.2, 0.25) is 0 Å². The molecule has 0 saturated carbocycles. The summed E-state index contributed by atoms with van der Waals surface area (Å²) in [5.74, 6) is -4.96. The molecule has 62 heavy (non-hydrogen) atoms. The van der Waals surface area contributed by atoms with Crippen molar-refractivity contribution in [2.45, 2.75) is 27.7 Å². The summed E-state index contributed by atoms with van der Waals surface area (Å²) >= 11 is 11.4. The highest BCUT2D eigenvalue weighted by Crippen LogP contribution is 2.47. The summed E-state index contributed by atoms with van der Waals surface area (Å²) in [6.07, 6.45) is 0. The Hall–Kier alpha value is -6.92. The first kappa shape index (κ1) is 47.8. The monoisotopic (exact) mass is 894 g/mol. The molecule has 20 heteroatoms. The highest BCUT2D eigenvalue weighted by atomic mass is 35.5. The molecule has 0 saturated heterocycles. The average Bonchev–Trinajstić information content (AvgIpc) is 3.25. The number of rotatable bonds is 22. The zero-order valence-electron chi connectivity index (χ0n) is 34.1. The van der Waals surface area contributed by atoms with Crippen molar-refractivity contribution in [3.63, 3.8) is 0 Å². The Morgan fingerprint density at radius 2 is 0.839 bits per heavy atom. The molecule has 18 nitrogen and oxygen atoms in total. The van der Waals surface area contributed by atoms with E-state index in [4.69, 9.17) is 52.4 Å². The number of nitrogens with one attached hydrogen (secondary N) is 4. The second-order valence-corrected chi connectivity index (χ2v) is 13.1. The number of aliphatic carboxylic acids is 2. The van der Waals surface area contributed by atoms with Crippen LogP contribution < -0.4 is 40.2 Å². The summed E-state index contributed by atoms with van der Waals surface area (Å²) in [6.45, 7) is 6.58. The number of anilines is 2. The zero-order chi connectivity index (χ0) is 45.3. The Balaban J connectivity index is 1.86. The van der Waals surface area contributed by atoms with E-state index in [1.54, 1.807) is 64.1 Å². The largest absolute Gasteiger partial charge is 0.491 e. The van der Waals surface area contributed by atoms with Crippen LogP contribution in [0.25, 0.3) is 22.3 Å². The molecule has 0 aliphatic rings. The Labute approximate surface area is 365 Å². The van der Waals surface area contributed by atoms with Crippen molar-refractivity contribution in [1.29, 1.82) is 0 Å². The molecule has 0 fully saturated rings. The Morgan fingerprint density at radius 3 is 1.11 bits per heavy atom. The number of carboxylic acids is 2. The third-order valence-electron chi connectivity index (χ3n) is 8.32. The van der Waals surface area contributed by atoms with Gasteiger partial charge >= 0.3 is 11.9 Å². The molecule has 6 N–H and O–H groups in total. The number of benzene rings is 4. The number of carbonyl (C=O) groups excluding carboxylic acids is 4. The lowest BCUT2D eigenvalue weighted by atomic mass is 10.00. The Morgan fingerprint density at radius 1 is 0.516 bits per heavy atom. The maximum Gasteiger partial charge on any atom is 0.322 e. The lowest BCUT2D eigenvalue weighted by Gasteiger charge is -2.17. The van der Waals surface area contributed by atoms with E-state index in [1.807, 2.05) is 0 Å². The molecular formula is C42H44Cl2N6O12. The fourth-order valence-corrected chi connectivity index (χ4v) is 5.90. The number of amides is 4. The predicted molar refractivity (Wildman–Crippen MR) is 231 cm³/mol. The quantitative estimate of drug-likeness (QED) is 0.0344. The highest BCUT2D eigenvalue weighted by Gasteiger charge is 2.22. The lowest BCUT2D eigenvalue weighted by Crippen LogP contribution is -2.30. The standard InChI is InChI=1S/C42H44Cl2N6O12/c1-5-59-31-15-25(23-9-11-29(47-35(51)19-43)27(13-23)41(57)45-21-37(53)54)16-32(60-6-2)39(31)49-50-40-33(61-7-3)17-26(18-34(40)62-8-4)24-10-12-30(48-36(52)20-44)28(14-24)42(58)46-22-38(55)56/h9-18H,5-8,19-22H2,1-4H3,(H,45,57)(H,46,58)(H,47,51)(H,48,52)(H,53,54)(H,55,56). The number of halogens is 2. The van der Waals surface area contributed by atoms with E-state index >= 15 is 0 Å². The molecule has 4 aromatic carbocycles. The molecule has 0 heterocycles. The maximum absolute atomic E-state index is 13.1. The minimum Gasteiger partial charge on any atom is -0.491 e. The summed E-state index contributed by atoms with van der Waals surface area (Å²) in [5, 5.41) is 37.1. The SMILES string of the molecule is CCOc1cc(-c2ccc(NC(=O)CCl)c(C(=O)NCC(=O)O)c2)cc(OCC)c1N=Nc1c(OCC)cc(-c2ccc(NC(=O)CCl)c(C(=O)NCC(=O)O)c2)cc1OCC. The lowest BCUT2D eigenvalue weighted by molar-refractivity contribution is -0.136. The average molecular weight is 896 g/mol. The molecule has 4 rings (SSSR count).